The van der Waals surface area contributed by atoms with Crippen LogP contribution in [0.15, 0.2) is 53.1 Å². The Bertz CT molecular complexity index is 1380. The van der Waals surface area contributed by atoms with E-state index < -0.39 is 16.6 Å². The Morgan fingerprint density at radius 3 is 2.29 bits per heavy atom. The zero-order valence-electron chi connectivity index (χ0n) is 25.4. The summed E-state index contributed by atoms with van der Waals surface area (Å²) in [7, 11) is 0. The van der Waals surface area contributed by atoms with Gasteiger partial charge in [0, 0.05) is 42.7 Å². The van der Waals surface area contributed by atoms with E-state index in [-0.39, 0.29) is 11.5 Å². The monoisotopic (exact) mass is 561 g/mol. The van der Waals surface area contributed by atoms with E-state index in [4.69, 9.17) is 19.0 Å². The number of aromatic nitrogens is 2. The summed E-state index contributed by atoms with van der Waals surface area (Å²) in [6.45, 7) is 16.1. The van der Waals surface area contributed by atoms with Gasteiger partial charge < -0.3 is 24.0 Å². The van der Waals surface area contributed by atoms with Crippen LogP contribution in [-0.2, 0) is 20.5 Å². The maximum atomic E-state index is 12.8. The molecule has 0 bridgehead atoms. The third-order valence-corrected chi connectivity index (χ3v) is 8.69. The molecular formula is C33H43N3O5. The molecule has 2 aliphatic heterocycles. The van der Waals surface area contributed by atoms with Crippen molar-refractivity contribution in [3.8, 4) is 11.5 Å². The quantitative estimate of drug-likeness (QED) is 0.371. The molecular weight excluding hydrogens is 518 g/mol. The molecule has 3 heterocycles. The van der Waals surface area contributed by atoms with Crippen LogP contribution >= 0.6 is 0 Å². The molecule has 220 valence electrons. The minimum atomic E-state index is -1.40. The smallest absolute Gasteiger partial charge is 0.410 e. The van der Waals surface area contributed by atoms with Gasteiger partial charge in [-0.25, -0.2) is 4.79 Å². The van der Waals surface area contributed by atoms with Crippen molar-refractivity contribution in [2.75, 3.05) is 26.3 Å². The van der Waals surface area contributed by atoms with Crippen LogP contribution in [0.5, 0.6) is 0 Å². The lowest BCUT2D eigenvalue weighted by molar-refractivity contribution is -0.131. The number of rotatable bonds is 6. The molecule has 3 aromatic rings. The van der Waals surface area contributed by atoms with Crippen molar-refractivity contribution in [2.24, 2.45) is 5.41 Å². The van der Waals surface area contributed by atoms with Gasteiger partial charge in [0.25, 0.3) is 5.89 Å². The fourth-order valence-electron chi connectivity index (χ4n) is 5.96. The molecule has 0 spiro atoms. The predicted molar refractivity (Wildman–Crippen MR) is 157 cm³/mol. The molecule has 2 aromatic carbocycles. The molecule has 1 atom stereocenters. The van der Waals surface area contributed by atoms with Gasteiger partial charge in [0.2, 0.25) is 0 Å². The highest BCUT2D eigenvalue weighted by Crippen LogP contribution is 2.51. The number of hydrogen-bond donors (Lipinski definition) is 1. The van der Waals surface area contributed by atoms with E-state index in [9.17, 15) is 9.90 Å². The zero-order chi connectivity index (χ0) is 29.6. The summed E-state index contributed by atoms with van der Waals surface area (Å²) in [6, 6.07) is 15.8. The highest BCUT2D eigenvalue weighted by atomic mass is 16.6. The van der Waals surface area contributed by atoms with Gasteiger partial charge in [-0.15, -0.1) is 0 Å². The summed E-state index contributed by atoms with van der Waals surface area (Å²) in [5, 5.41) is 17.1. The van der Waals surface area contributed by atoms with Gasteiger partial charge in [-0.1, -0.05) is 69.2 Å². The summed E-state index contributed by atoms with van der Waals surface area (Å²) in [4.78, 5) is 19.3. The Hall–Kier alpha value is -3.23. The van der Waals surface area contributed by atoms with Crippen LogP contribution in [0.4, 0.5) is 4.79 Å². The largest absolute Gasteiger partial charge is 0.444 e. The topological polar surface area (TPSA) is 97.9 Å². The van der Waals surface area contributed by atoms with Gasteiger partial charge in [0.15, 0.2) is 5.82 Å². The van der Waals surface area contributed by atoms with Crippen LogP contribution in [0, 0.1) is 5.41 Å². The van der Waals surface area contributed by atoms with Crippen LogP contribution in [0.2, 0.25) is 0 Å². The minimum absolute atomic E-state index is 0.193. The molecule has 41 heavy (non-hydrogen) atoms. The number of carbonyl (C=O) groups is 1. The number of ether oxygens (including phenoxy) is 2. The number of nitrogens with zero attached hydrogens (tertiary/aromatic N) is 3. The Kier molecular flexibility index (Phi) is 7.53. The van der Waals surface area contributed by atoms with E-state index in [2.05, 4.69) is 38.1 Å². The third kappa shape index (κ3) is 5.52. The SMILES string of the molecule is CC(C)c1ccc(C(O)(c2cccc(-c3nc(C4(C)CCOCC4)no3)c2)C2(C)CN(C(=O)OC(C)(C)C)C2)cc1. The van der Waals surface area contributed by atoms with Gasteiger partial charge in [0.1, 0.15) is 11.2 Å². The first-order valence-corrected chi connectivity index (χ1v) is 14.6. The highest BCUT2D eigenvalue weighted by molar-refractivity contribution is 5.70. The fourth-order valence-corrected chi connectivity index (χ4v) is 5.96. The van der Waals surface area contributed by atoms with Crippen LogP contribution in [-0.4, -0.2) is 58.1 Å². The first-order valence-electron chi connectivity index (χ1n) is 14.6. The lowest BCUT2D eigenvalue weighted by Crippen LogP contribution is -2.66. The van der Waals surface area contributed by atoms with Gasteiger partial charge in [0.05, 0.1) is 0 Å². The van der Waals surface area contributed by atoms with Gasteiger partial charge in [-0.3, -0.25) is 0 Å². The second-order valence-electron chi connectivity index (χ2n) is 13.6. The summed E-state index contributed by atoms with van der Waals surface area (Å²) in [5.74, 6) is 1.47. The van der Waals surface area contributed by atoms with E-state index in [0.29, 0.717) is 49.5 Å². The normalized spacial score (nSPS) is 19.9. The predicted octanol–water partition coefficient (Wildman–Crippen LogP) is 6.42. The second-order valence-corrected chi connectivity index (χ2v) is 13.6. The molecule has 0 aliphatic carbocycles. The van der Waals surface area contributed by atoms with E-state index in [1.807, 2.05) is 64.1 Å². The van der Waals surface area contributed by atoms with Gasteiger partial charge >= 0.3 is 6.09 Å². The first kappa shape index (κ1) is 29.3. The molecule has 2 aliphatic rings. The number of hydrogen-bond acceptors (Lipinski definition) is 7. The Labute approximate surface area is 243 Å². The molecule has 1 N–H and O–H groups in total. The molecule has 0 radical (unpaired) electrons. The van der Waals surface area contributed by atoms with Crippen molar-refractivity contribution in [3.63, 3.8) is 0 Å². The average molecular weight is 562 g/mol. The number of benzene rings is 2. The molecule has 1 amide bonds. The Balaban J connectivity index is 1.51. The van der Waals surface area contributed by atoms with E-state index >= 15 is 0 Å². The lowest BCUT2D eigenvalue weighted by Gasteiger charge is -2.56. The lowest BCUT2D eigenvalue weighted by atomic mass is 9.61. The van der Waals surface area contributed by atoms with Crippen LogP contribution in [0.3, 0.4) is 0 Å². The molecule has 2 saturated heterocycles. The van der Waals surface area contributed by atoms with Crippen molar-refractivity contribution < 1.29 is 23.9 Å². The second kappa shape index (κ2) is 10.6. The Morgan fingerprint density at radius 2 is 1.68 bits per heavy atom. The zero-order valence-corrected chi connectivity index (χ0v) is 25.4. The molecule has 1 aromatic heterocycles. The van der Waals surface area contributed by atoms with Crippen LogP contribution in [0.1, 0.15) is 89.7 Å². The number of amides is 1. The number of carbonyl (C=O) groups excluding carboxylic acids is 1. The summed E-state index contributed by atoms with van der Waals surface area (Å²) < 4.78 is 16.9. The third-order valence-electron chi connectivity index (χ3n) is 8.69. The summed E-state index contributed by atoms with van der Waals surface area (Å²) >= 11 is 0. The molecule has 1 unspecified atom stereocenters. The molecule has 8 heteroatoms. The fraction of sp³-hybridized carbons (Fsp3) is 0.545. The first-order chi connectivity index (χ1) is 19.2. The molecule has 0 saturated carbocycles. The van der Waals surface area contributed by atoms with E-state index in [0.717, 1.165) is 24.0 Å². The van der Waals surface area contributed by atoms with Crippen molar-refractivity contribution in [1.82, 2.24) is 15.0 Å². The maximum absolute atomic E-state index is 12.8. The van der Waals surface area contributed by atoms with Crippen molar-refractivity contribution in [1.29, 1.82) is 0 Å². The van der Waals surface area contributed by atoms with Crippen molar-refractivity contribution in [2.45, 2.75) is 83.8 Å². The number of aliphatic hydroxyl groups is 1. The average Bonchev–Trinajstić information content (AvgIpc) is 3.42. The highest BCUT2D eigenvalue weighted by Gasteiger charge is 2.58. The standard InChI is InChI=1S/C33H43N3O5/c1-22(2)23-11-13-25(14-12-23)33(38,32(7)20-36(21-32)29(37)40-30(3,4)5)26-10-8-9-24(19-26)27-34-28(35-41-27)31(6)15-17-39-18-16-31/h8-14,19,22,38H,15-18,20-21H2,1-7H3. The van der Waals surface area contributed by atoms with E-state index in [1.165, 1.54) is 5.56 Å². The van der Waals surface area contributed by atoms with E-state index in [1.54, 1.807) is 4.90 Å². The molecule has 8 nitrogen and oxygen atoms in total. The van der Waals surface area contributed by atoms with Crippen molar-refractivity contribution >= 4 is 6.09 Å². The van der Waals surface area contributed by atoms with Gasteiger partial charge in [-0.05, 0) is 68.4 Å². The van der Waals surface area contributed by atoms with Gasteiger partial charge in [-0.2, -0.15) is 4.98 Å². The Morgan fingerprint density at radius 1 is 1.02 bits per heavy atom. The molecule has 5 rings (SSSR count). The minimum Gasteiger partial charge on any atom is -0.444 e. The summed E-state index contributed by atoms with van der Waals surface area (Å²) in [6.07, 6.45) is 1.30. The maximum Gasteiger partial charge on any atom is 0.410 e. The van der Waals surface area contributed by atoms with Crippen LogP contribution < -0.4 is 0 Å². The number of likely N-dealkylation sites (tertiary alicyclic amines) is 1. The van der Waals surface area contributed by atoms with Crippen molar-refractivity contribution in [3.05, 3.63) is 71.0 Å². The van der Waals surface area contributed by atoms with Crippen LogP contribution in [0.25, 0.3) is 11.5 Å². The molecule has 2 fully saturated rings. The summed E-state index contributed by atoms with van der Waals surface area (Å²) in [5.41, 5.74) is 0.554.